The van der Waals surface area contributed by atoms with Gasteiger partial charge < -0.3 is 5.32 Å². The Bertz CT molecular complexity index is 762. The van der Waals surface area contributed by atoms with Crippen molar-refractivity contribution in [3.8, 4) is 10.6 Å². The molecule has 0 aliphatic carbocycles. The Morgan fingerprint density at radius 1 is 1.18 bits per heavy atom. The quantitative estimate of drug-likeness (QED) is 0.734. The molecule has 0 saturated heterocycles. The number of hydrogen-bond acceptors (Lipinski definition) is 4. The molecule has 22 heavy (non-hydrogen) atoms. The summed E-state index contributed by atoms with van der Waals surface area (Å²) in [5, 5.41) is 5.53. The number of amides is 1. The van der Waals surface area contributed by atoms with Crippen molar-refractivity contribution in [3.05, 3.63) is 58.3 Å². The molecule has 2 heterocycles. The van der Waals surface area contributed by atoms with Crippen LogP contribution in [0.5, 0.6) is 0 Å². The molecule has 0 aliphatic heterocycles. The van der Waals surface area contributed by atoms with Gasteiger partial charge in [0.1, 0.15) is 0 Å². The Labute approximate surface area is 137 Å². The topological polar surface area (TPSA) is 42.0 Å². The first-order valence-electron chi connectivity index (χ1n) is 7.07. The molecular weight excluding hydrogens is 312 g/mol. The molecule has 0 bridgehead atoms. The molecule has 5 heteroatoms. The molecule has 0 unspecified atom stereocenters. The van der Waals surface area contributed by atoms with Crippen molar-refractivity contribution >= 4 is 33.7 Å². The molecule has 1 amide bonds. The molecule has 0 fully saturated rings. The maximum Gasteiger partial charge on any atom is 0.226 e. The highest BCUT2D eigenvalue weighted by Crippen LogP contribution is 2.30. The van der Waals surface area contributed by atoms with Gasteiger partial charge in [0.05, 0.1) is 10.6 Å². The minimum atomic E-state index is 0.00659. The van der Waals surface area contributed by atoms with Crippen LogP contribution in [-0.4, -0.2) is 10.9 Å². The summed E-state index contributed by atoms with van der Waals surface area (Å²) in [7, 11) is 0. The van der Waals surface area contributed by atoms with Gasteiger partial charge in [0.25, 0.3) is 0 Å². The van der Waals surface area contributed by atoms with Crippen LogP contribution in [0.4, 0.5) is 5.13 Å². The van der Waals surface area contributed by atoms with E-state index < -0.39 is 0 Å². The molecule has 3 rings (SSSR count). The fourth-order valence-electron chi connectivity index (χ4n) is 2.10. The van der Waals surface area contributed by atoms with Crippen LogP contribution in [0.2, 0.25) is 0 Å². The van der Waals surface area contributed by atoms with Gasteiger partial charge in [0, 0.05) is 16.7 Å². The second-order valence-corrected chi connectivity index (χ2v) is 7.13. The van der Waals surface area contributed by atoms with Gasteiger partial charge in [-0.3, -0.25) is 4.79 Å². The number of rotatable bonds is 5. The first kappa shape index (κ1) is 14.9. The van der Waals surface area contributed by atoms with E-state index >= 15 is 0 Å². The summed E-state index contributed by atoms with van der Waals surface area (Å²) in [6, 6.07) is 14.2. The van der Waals surface area contributed by atoms with Gasteiger partial charge in [-0.2, -0.15) is 0 Å². The lowest BCUT2D eigenvalue weighted by atomic mass is 10.1. The van der Waals surface area contributed by atoms with Crippen LogP contribution in [-0.2, 0) is 11.2 Å². The maximum absolute atomic E-state index is 12.0. The summed E-state index contributed by atoms with van der Waals surface area (Å²) in [6.45, 7) is 2.08. The van der Waals surface area contributed by atoms with Gasteiger partial charge in [-0.1, -0.05) is 30.3 Å². The molecule has 0 spiro atoms. The molecule has 1 aromatic carbocycles. The van der Waals surface area contributed by atoms with Crippen molar-refractivity contribution in [3.63, 3.8) is 0 Å². The molecule has 0 atom stereocenters. The third-order valence-corrected chi connectivity index (χ3v) is 5.01. The van der Waals surface area contributed by atoms with Crippen molar-refractivity contribution in [2.24, 2.45) is 0 Å². The van der Waals surface area contributed by atoms with E-state index in [1.54, 1.807) is 11.3 Å². The number of benzene rings is 1. The van der Waals surface area contributed by atoms with Crippen LogP contribution < -0.4 is 5.32 Å². The number of aryl methyl sites for hydroxylation is 2. The monoisotopic (exact) mass is 328 g/mol. The minimum absolute atomic E-state index is 0.00659. The number of nitrogens with one attached hydrogen (secondary N) is 1. The van der Waals surface area contributed by atoms with Gasteiger partial charge in [-0.15, -0.1) is 22.7 Å². The van der Waals surface area contributed by atoms with Gasteiger partial charge in [0.2, 0.25) is 5.91 Å². The van der Waals surface area contributed by atoms with Crippen LogP contribution in [0.1, 0.15) is 16.9 Å². The normalized spacial score (nSPS) is 10.6. The second-order valence-electron chi connectivity index (χ2n) is 4.98. The van der Waals surface area contributed by atoms with Crippen molar-refractivity contribution in [2.75, 3.05) is 5.32 Å². The molecular formula is C17H16N2OS2. The van der Waals surface area contributed by atoms with E-state index in [2.05, 4.69) is 29.4 Å². The number of hydrogen-bond donors (Lipinski definition) is 1. The van der Waals surface area contributed by atoms with Gasteiger partial charge in [-0.25, -0.2) is 4.98 Å². The smallest absolute Gasteiger partial charge is 0.226 e. The highest BCUT2D eigenvalue weighted by molar-refractivity contribution is 7.17. The standard InChI is InChI=1S/C17H16N2OS2/c1-12-7-9-15(22-12)14-11-21-17(18-14)19-16(20)10-8-13-5-3-2-4-6-13/h2-7,9,11H,8,10H2,1H3,(H,18,19,20). The zero-order chi connectivity index (χ0) is 15.4. The summed E-state index contributed by atoms with van der Waals surface area (Å²) >= 11 is 3.18. The number of aromatic nitrogens is 1. The number of thiophene rings is 1. The summed E-state index contributed by atoms with van der Waals surface area (Å²) in [5.74, 6) is 0.00659. The Balaban J connectivity index is 1.57. The van der Waals surface area contributed by atoms with E-state index in [0.29, 0.717) is 11.6 Å². The molecule has 3 aromatic rings. The predicted octanol–water partition coefficient (Wildman–Crippen LogP) is 4.75. The van der Waals surface area contributed by atoms with E-state index in [4.69, 9.17) is 0 Å². The van der Waals surface area contributed by atoms with E-state index in [9.17, 15) is 4.79 Å². The van der Waals surface area contributed by atoms with E-state index in [1.807, 2.05) is 35.7 Å². The van der Waals surface area contributed by atoms with Gasteiger partial charge in [0.15, 0.2) is 5.13 Å². The number of thiazole rings is 1. The Hall–Kier alpha value is -1.98. The molecule has 1 N–H and O–H groups in total. The highest BCUT2D eigenvalue weighted by Gasteiger charge is 2.09. The molecule has 2 aromatic heterocycles. The van der Waals surface area contributed by atoms with Crippen LogP contribution >= 0.6 is 22.7 Å². The molecule has 0 radical (unpaired) electrons. The molecule has 0 saturated carbocycles. The van der Waals surface area contributed by atoms with Gasteiger partial charge in [-0.05, 0) is 31.0 Å². The maximum atomic E-state index is 12.0. The first-order valence-corrected chi connectivity index (χ1v) is 8.76. The average Bonchev–Trinajstić information content (AvgIpc) is 3.15. The van der Waals surface area contributed by atoms with Crippen LogP contribution in [0.25, 0.3) is 10.6 Å². The summed E-state index contributed by atoms with van der Waals surface area (Å²) < 4.78 is 0. The molecule has 0 aliphatic rings. The van der Waals surface area contributed by atoms with Crippen LogP contribution in [0, 0.1) is 6.92 Å². The Morgan fingerprint density at radius 3 is 2.73 bits per heavy atom. The van der Waals surface area contributed by atoms with E-state index in [1.165, 1.54) is 21.8 Å². The summed E-state index contributed by atoms with van der Waals surface area (Å²) in [4.78, 5) is 18.9. The predicted molar refractivity (Wildman–Crippen MR) is 93.6 cm³/mol. The lowest BCUT2D eigenvalue weighted by molar-refractivity contribution is -0.116. The SMILES string of the molecule is Cc1ccc(-c2csc(NC(=O)CCc3ccccc3)n2)s1. The molecule has 112 valence electrons. The van der Waals surface area contributed by atoms with Crippen molar-refractivity contribution in [2.45, 2.75) is 19.8 Å². The molecule has 3 nitrogen and oxygen atoms in total. The second kappa shape index (κ2) is 6.85. The van der Waals surface area contributed by atoms with Gasteiger partial charge >= 0.3 is 0 Å². The Kier molecular flexibility index (Phi) is 4.65. The largest absolute Gasteiger partial charge is 0.302 e. The minimum Gasteiger partial charge on any atom is -0.302 e. The Morgan fingerprint density at radius 2 is 2.00 bits per heavy atom. The van der Waals surface area contributed by atoms with E-state index in [-0.39, 0.29) is 5.91 Å². The lowest BCUT2D eigenvalue weighted by Gasteiger charge is -2.02. The lowest BCUT2D eigenvalue weighted by Crippen LogP contribution is -2.12. The fourth-order valence-corrected chi connectivity index (χ4v) is 3.73. The number of carbonyl (C=O) groups is 1. The number of nitrogens with zero attached hydrogens (tertiary/aromatic N) is 1. The highest BCUT2D eigenvalue weighted by atomic mass is 32.1. The zero-order valence-corrected chi connectivity index (χ0v) is 13.8. The summed E-state index contributed by atoms with van der Waals surface area (Å²) in [5.41, 5.74) is 2.10. The zero-order valence-electron chi connectivity index (χ0n) is 12.2. The van der Waals surface area contributed by atoms with Crippen molar-refractivity contribution in [1.29, 1.82) is 0 Å². The first-order chi connectivity index (χ1) is 10.7. The average molecular weight is 328 g/mol. The van der Waals surface area contributed by atoms with Crippen molar-refractivity contribution in [1.82, 2.24) is 4.98 Å². The fraction of sp³-hybridized carbons (Fsp3) is 0.176. The third kappa shape index (κ3) is 3.81. The van der Waals surface area contributed by atoms with Crippen LogP contribution in [0.15, 0.2) is 47.8 Å². The van der Waals surface area contributed by atoms with E-state index in [0.717, 1.165) is 17.0 Å². The third-order valence-electron chi connectivity index (χ3n) is 3.23. The van der Waals surface area contributed by atoms with Crippen LogP contribution in [0.3, 0.4) is 0 Å². The number of carbonyl (C=O) groups excluding carboxylic acids is 1. The summed E-state index contributed by atoms with van der Waals surface area (Å²) in [6.07, 6.45) is 1.21. The van der Waals surface area contributed by atoms with Crippen molar-refractivity contribution < 1.29 is 4.79 Å². The number of anilines is 1.